The molecule has 1 N–H and O–H groups in total. The lowest BCUT2D eigenvalue weighted by atomic mass is 9.81. The van der Waals surface area contributed by atoms with Crippen LogP contribution in [-0.2, 0) is 4.79 Å². The van der Waals surface area contributed by atoms with Crippen molar-refractivity contribution in [2.24, 2.45) is 0 Å². The third-order valence-corrected chi connectivity index (χ3v) is 3.30. The summed E-state index contributed by atoms with van der Waals surface area (Å²) in [5.41, 5.74) is 1.85. The van der Waals surface area contributed by atoms with Crippen molar-refractivity contribution in [3.05, 3.63) is 42.1 Å². The van der Waals surface area contributed by atoms with Crippen LogP contribution in [-0.4, -0.2) is 16.6 Å². The Bertz CT molecular complexity index is 673. The molecule has 0 atom stereocenters. The zero-order valence-electron chi connectivity index (χ0n) is 10.6. The van der Waals surface area contributed by atoms with E-state index < -0.39 is 5.82 Å². The predicted molar refractivity (Wildman–Crippen MR) is 70.5 cm³/mol. The molecule has 1 aliphatic carbocycles. The second kappa shape index (κ2) is 4.88. The molecule has 5 nitrogen and oxygen atoms in total. The van der Waals surface area contributed by atoms with E-state index in [0.717, 1.165) is 12.8 Å². The van der Waals surface area contributed by atoms with Crippen molar-refractivity contribution in [3.8, 4) is 11.4 Å². The molecule has 1 fully saturated rings. The minimum Gasteiger partial charge on any atom is -0.339 e. The van der Waals surface area contributed by atoms with Gasteiger partial charge in [-0.3, -0.25) is 4.79 Å². The quantitative estimate of drug-likeness (QED) is 0.687. The molecule has 1 aliphatic rings. The summed E-state index contributed by atoms with van der Waals surface area (Å²) in [6, 6.07) is 4.26. The van der Waals surface area contributed by atoms with E-state index in [2.05, 4.69) is 22.0 Å². The van der Waals surface area contributed by atoms with Gasteiger partial charge in [-0.2, -0.15) is 4.98 Å². The van der Waals surface area contributed by atoms with Gasteiger partial charge in [0.2, 0.25) is 18.1 Å². The van der Waals surface area contributed by atoms with Gasteiger partial charge >= 0.3 is 0 Å². The monoisotopic (exact) mass is 273 g/mol. The maximum absolute atomic E-state index is 13.4. The molecule has 3 rings (SSSR count). The van der Waals surface area contributed by atoms with Gasteiger partial charge in [-0.05, 0) is 31.0 Å². The van der Waals surface area contributed by atoms with Gasteiger partial charge in [-0.15, -0.1) is 0 Å². The summed E-state index contributed by atoms with van der Waals surface area (Å²) < 4.78 is 18.6. The molecule has 1 aromatic heterocycles. The average Bonchev–Trinajstić information content (AvgIpc) is 2.87. The number of carbonyl (C=O) groups excluding carboxylic acids is 1. The predicted octanol–water partition coefficient (Wildman–Crippen LogP) is 2.88. The highest BCUT2D eigenvalue weighted by Gasteiger charge is 2.28. The highest BCUT2D eigenvalue weighted by atomic mass is 19.1. The first-order chi connectivity index (χ1) is 9.67. The number of amides is 1. The van der Waals surface area contributed by atoms with Crippen molar-refractivity contribution < 1.29 is 13.7 Å². The molecule has 102 valence electrons. The SMILES string of the molecule is C=C1CC(c2nc(-c3ccc(F)c(NC=O)c3)no2)C1. The minimum atomic E-state index is -0.514. The molecule has 0 radical (unpaired) electrons. The van der Waals surface area contributed by atoms with Gasteiger partial charge in [0.25, 0.3) is 0 Å². The molecule has 1 amide bonds. The molecule has 6 heteroatoms. The zero-order chi connectivity index (χ0) is 14.1. The molecule has 0 unspecified atom stereocenters. The van der Waals surface area contributed by atoms with Crippen LogP contribution in [0.2, 0.25) is 0 Å². The number of benzene rings is 1. The van der Waals surface area contributed by atoms with E-state index in [1.807, 2.05) is 0 Å². The van der Waals surface area contributed by atoms with Crippen LogP contribution in [0, 0.1) is 5.82 Å². The topological polar surface area (TPSA) is 68.0 Å². The van der Waals surface area contributed by atoms with E-state index in [0.29, 0.717) is 23.7 Å². The van der Waals surface area contributed by atoms with Crippen LogP contribution in [0.4, 0.5) is 10.1 Å². The summed E-state index contributed by atoms with van der Waals surface area (Å²) in [6.45, 7) is 3.87. The fourth-order valence-corrected chi connectivity index (χ4v) is 2.17. The van der Waals surface area contributed by atoms with Gasteiger partial charge in [0.15, 0.2) is 0 Å². The van der Waals surface area contributed by atoms with Crippen molar-refractivity contribution >= 4 is 12.1 Å². The molecule has 0 spiro atoms. The zero-order valence-corrected chi connectivity index (χ0v) is 10.6. The molecule has 1 heterocycles. The van der Waals surface area contributed by atoms with Gasteiger partial charge in [-0.25, -0.2) is 4.39 Å². The Morgan fingerprint density at radius 3 is 2.95 bits per heavy atom. The number of anilines is 1. The number of nitrogens with one attached hydrogen (secondary N) is 1. The smallest absolute Gasteiger partial charge is 0.230 e. The Morgan fingerprint density at radius 1 is 1.45 bits per heavy atom. The van der Waals surface area contributed by atoms with Crippen LogP contribution >= 0.6 is 0 Å². The lowest BCUT2D eigenvalue weighted by Crippen LogP contribution is -2.11. The van der Waals surface area contributed by atoms with Crippen LogP contribution in [0.3, 0.4) is 0 Å². The second-order valence-corrected chi connectivity index (χ2v) is 4.77. The fourth-order valence-electron chi connectivity index (χ4n) is 2.17. The van der Waals surface area contributed by atoms with E-state index in [9.17, 15) is 9.18 Å². The van der Waals surface area contributed by atoms with E-state index in [1.54, 1.807) is 6.07 Å². The number of allylic oxidation sites excluding steroid dienone is 1. The summed E-state index contributed by atoms with van der Waals surface area (Å²) >= 11 is 0. The van der Waals surface area contributed by atoms with Crippen LogP contribution in [0.15, 0.2) is 34.9 Å². The van der Waals surface area contributed by atoms with Crippen molar-refractivity contribution in [3.63, 3.8) is 0 Å². The standard InChI is InChI=1S/C14H12FN3O2/c1-8-4-10(5-8)14-17-13(18-20-14)9-2-3-11(15)12(6-9)16-7-19/h2-3,6-7,10H,1,4-5H2,(H,16,19). The van der Waals surface area contributed by atoms with E-state index in [1.165, 1.54) is 17.7 Å². The Kier molecular flexibility index (Phi) is 3.06. The van der Waals surface area contributed by atoms with E-state index in [-0.39, 0.29) is 11.6 Å². The molecule has 1 aromatic carbocycles. The molecule has 0 saturated heterocycles. The first kappa shape index (κ1) is 12.5. The maximum Gasteiger partial charge on any atom is 0.230 e. The molecule has 0 aliphatic heterocycles. The molecule has 20 heavy (non-hydrogen) atoms. The van der Waals surface area contributed by atoms with Gasteiger partial charge < -0.3 is 9.84 Å². The van der Waals surface area contributed by atoms with Crippen molar-refractivity contribution in [2.45, 2.75) is 18.8 Å². The Labute approximate surface area is 114 Å². The summed E-state index contributed by atoms with van der Waals surface area (Å²) in [7, 11) is 0. The number of hydrogen-bond donors (Lipinski definition) is 1. The van der Waals surface area contributed by atoms with Gasteiger partial charge in [0.1, 0.15) is 5.82 Å². The van der Waals surface area contributed by atoms with Gasteiger partial charge in [-0.1, -0.05) is 17.3 Å². The second-order valence-electron chi connectivity index (χ2n) is 4.77. The van der Waals surface area contributed by atoms with Crippen molar-refractivity contribution in [2.75, 3.05) is 5.32 Å². The lowest BCUT2D eigenvalue weighted by molar-refractivity contribution is -0.105. The van der Waals surface area contributed by atoms with E-state index in [4.69, 9.17) is 4.52 Å². The highest BCUT2D eigenvalue weighted by molar-refractivity contribution is 5.74. The Morgan fingerprint density at radius 2 is 2.25 bits per heavy atom. The van der Waals surface area contributed by atoms with E-state index >= 15 is 0 Å². The van der Waals surface area contributed by atoms with Crippen LogP contribution in [0.5, 0.6) is 0 Å². The maximum atomic E-state index is 13.4. The first-order valence-electron chi connectivity index (χ1n) is 6.17. The Hall–Kier alpha value is -2.50. The highest BCUT2D eigenvalue weighted by Crippen LogP contribution is 2.39. The largest absolute Gasteiger partial charge is 0.339 e. The summed E-state index contributed by atoms with van der Waals surface area (Å²) in [4.78, 5) is 14.7. The van der Waals surface area contributed by atoms with Crippen LogP contribution in [0.25, 0.3) is 11.4 Å². The first-order valence-corrected chi connectivity index (χ1v) is 6.17. The Balaban J connectivity index is 1.87. The number of aromatic nitrogens is 2. The minimum absolute atomic E-state index is 0.0841. The number of rotatable bonds is 4. The molecular weight excluding hydrogens is 261 g/mol. The number of halogens is 1. The molecule has 2 aromatic rings. The lowest BCUT2D eigenvalue weighted by Gasteiger charge is -2.24. The third-order valence-electron chi connectivity index (χ3n) is 3.30. The van der Waals surface area contributed by atoms with Gasteiger partial charge in [0.05, 0.1) is 5.69 Å². The molecule has 1 saturated carbocycles. The fraction of sp³-hybridized carbons (Fsp3) is 0.214. The summed E-state index contributed by atoms with van der Waals surface area (Å²) in [5, 5.41) is 6.18. The average molecular weight is 273 g/mol. The van der Waals surface area contributed by atoms with Crippen molar-refractivity contribution in [1.29, 1.82) is 0 Å². The number of hydrogen-bond acceptors (Lipinski definition) is 4. The number of carbonyl (C=O) groups is 1. The number of nitrogens with zero attached hydrogens (tertiary/aromatic N) is 2. The molecule has 0 bridgehead atoms. The van der Waals surface area contributed by atoms with Crippen molar-refractivity contribution in [1.82, 2.24) is 10.1 Å². The summed E-state index contributed by atoms with van der Waals surface area (Å²) in [5.74, 6) is 0.671. The van der Waals surface area contributed by atoms with Crippen LogP contribution < -0.4 is 5.32 Å². The van der Waals surface area contributed by atoms with Gasteiger partial charge in [0, 0.05) is 11.5 Å². The van der Waals surface area contributed by atoms with Crippen LogP contribution in [0.1, 0.15) is 24.7 Å². The normalized spacial score (nSPS) is 14.9. The molecular formula is C14H12FN3O2. The third kappa shape index (κ3) is 2.20. The summed E-state index contributed by atoms with van der Waals surface area (Å²) in [6.07, 6.45) is 2.15.